The molecule has 0 radical (unpaired) electrons. The molecule has 6 heteroatoms. The molecule has 0 aliphatic heterocycles. The number of hydrogen-bond donors (Lipinski definition) is 1. The zero-order chi connectivity index (χ0) is 19.1. The van der Waals surface area contributed by atoms with Crippen molar-refractivity contribution in [2.75, 3.05) is 0 Å². The smallest absolute Gasteiger partial charge is 0.343 e. The van der Waals surface area contributed by atoms with Crippen molar-refractivity contribution in [1.29, 1.82) is 0 Å². The number of benzene rings is 2. The van der Waals surface area contributed by atoms with Gasteiger partial charge in [0, 0.05) is 12.4 Å². The molecular formula is C21H17N3O3. The van der Waals surface area contributed by atoms with Crippen LogP contribution in [-0.2, 0) is 0 Å². The first-order valence-electron chi connectivity index (χ1n) is 8.25. The lowest BCUT2D eigenvalue weighted by Gasteiger charge is -2.06. The lowest BCUT2D eigenvalue weighted by atomic mass is 10.1. The van der Waals surface area contributed by atoms with E-state index < -0.39 is 5.97 Å². The fraction of sp³-hybridized carbons (Fsp3) is 0.0476. The van der Waals surface area contributed by atoms with Crippen LogP contribution in [0.4, 0.5) is 0 Å². The van der Waals surface area contributed by atoms with Crippen LogP contribution in [0.1, 0.15) is 31.8 Å². The highest BCUT2D eigenvalue weighted by Gasteiger charge is 2.10. The van der Waals surface area contributed by atoms with Crippen LogP contribution in [0.5, 0.6) is 5.75 Å². The van der Waals surface area contributed by atoms with E-state index in [-0.39, 0.29) is 5.91 Å². The zero-order valence-electron chi connectivity index (χ0n) is 14.6. The molecule has 1 aromatic heterocycles. The van der Waals surface area contributed by atoms with Crippen molar-refractivity contribution in [2.24, 2.45) is 5.10 Å². The number of aromatic nitrogens is 1. The van der Waals surface area contributed by atoms with Crippen LogP contribution in [0.25, 0.3) is 0 Å². The van der Waals surface area contributed by atoms with Gasteiger partial charge in [0.15, 0.2) is 0 Å². The van der Waals surface area contributed by atoms with Gasteiger partial charge in [-0.3, -0.25) is 9.78 Å². The van der Waals surface area contributed by atoms with Gasteiger partial charge in [0.25, 0.3) is 5.91 Å². The maximum absolute atomic E-state index is 12.2. The van der Waals surface area contributed by atoms with Crippen molar-refractivity contribution < 1.29 is 14.3 Å². The second-order valence-corrected chi connectivity index (χ2v) is 5.71. The Hall–Kier alpha value is -3.80. The third kappa shape index (κ3) is 4.85. The number of carbonyl (C=O) groups is 2. The van der Waals surface area contributed by atoms with E-state index in [4.69, 9.17) is 4.74 Å². The van der Waals surface area contributed by atoms with Crippen molar-refractivity contribution in [3.05, 3.63) is 95.3 Å². The number of esters is 1. The van der Waals surface area contributed by atoms with Gasteiger partial charge < -0.3 is 4.74 Å². The maximum atomic E-state index is 12.2. The lowest BCUT2D eigenvalue weighted by molar-refractivity contribution is 0.0733. The number of ether oxygens (including phenoxy) is 1. The minimum Gasteiger partial charge on any atom is -0.423 e. The summed E-state index contributed by atoms with van der Waals surface area (Å²) in [7, 11) is 0. The first-order valence-corrected chi connectivity index (χ1v) is 8.25. The summed E-state index contributed by atoms with van der Waals surface area (Å²) >= 11 is 0. The molecule has 0 saturated heterocycles. The number of amides is 1. The minimum absolute atomic E-state index is 0.344. The molecule has 0 fully saturated rings. The number of hydrazone groups is 1. The number of carbonyl (C=O) groups excluding carboxylic acids is 2. The minimum atomic E-state index is -0.404. The van der Waals surface area contributed by atoms with E-state index in [1.165, 1.54) is 12.4 Å². The number of nitrogens with zero attached hydrogens (tertiary/aromatic N) is 2. The molecule has 0 unspecified atom stereocenters. The molecule has 0 aliphatic carbocycles. The van der Waals surface area contributed by atoms with E-state index in [9.17, 15) is 9.59 Å². The molecule has 6 nitrogen and oxygen atoms in total. The molecule has 0 spiro atoms. The number of nitrogens with one attached hydrogen (secondary N) is 1. The number of aryl methyl sites for hydroxylation is 1. The van der Waals surface area contributed by atoms with Gasteiger partial charge in [0.1, 0.15) is 5.75 Å². The Balaban J connectivity index is 1.58. The molecule has 0 bridgehead atoms. The number of pyridine rings is 1. The topological polar surface area (TPSA) is 80.6 Å². The summed E-state index contributed by atoms with van der Waals surface area (Å²) in [5.41, 5.74) is 4.98. The van der Waals surface area contributed by atoms with Crippen LogP contribution in [0, 0.1) is 6.92 Å². The third-order valence-corrected chi connectivity index (χ3v) is 3.76. The van der Waals surface area contributed by atoms with Crippen LogP contribution in [0.3, 0.4) is 0 Å². The summed E-state index contributed by atoms with van der Waals surface area (Å²) in [5.74, 6) is -0.318. The van der Waals surface area contributed by atoms with E-state index in [0.717, 1.165) is 11.1 Å². The molecule has 0 aliphatic rings. The van der Waals surface area contributed by atoms with Gasteiger partial charge in [-0.05, 0) is 60.5 Å². The summed E-state index contributed by atoms with van der Waals surface area (Å²) in [6, 6.07) is 17.4. The summed E-state index contributed by atoms with van der Waals surface area (Å²) in [5, 5.41) is 3.91. The molecule has 0 atom stereocenters. The van der Waals surface area contributed by atoms with Crippen LogP contribution in [0.15, 0.2) is 78.2 Å². The average molecular weight is 359 g/mol. The highest BCUT2D eigenvalue weighted by molar-refractivity contribution is 5.94. The normalized spacial score (nSPS) is 10.6. The first-order chi connectivity index (χ1) is 13.1. The van der Waals surface area contributed by atoms with E-state index in [1.54, 1.807) is 54.7 Å². The Morgan fingerprint density at radius 2 is 1.81 bits per heavy atom. The fourth-order valence-corrected chi connectivity index (χ4v) is 2.31. The van der Waals surface area contributed by atoms with E-state index in [1.807, 2.05) is 19.1 Å². The first kappa shape index (κ1) is 18.0. The number of hydrogen-bond acceptors (Lipinski definition) is 5. The standard InChI is InChI=1S/C21H17N3O3/c1-15-5-2-3-7-19(15)21(26)27-18-10-8-16(9-11-18)13-23-24-20(25)17-6-4-12-22-14-17/h2-14H,1H3,(H,24,25)/b23-13-. The van der Waals surface area contributed by atoms with Gasteiger partial charge in [0.05, 0.1) is 17.3 Å². The SMILES string of the molecule is Cc1ccccc1C(=O)Oc1ccc(/C=N\NC(=O)c2cccnc2)cc1. The maximum Gasteiger partial charge on any atom is 0.343 e. The van der Waals surface area contributed by atoms with Crippen molar-refractivity contribution in [1.82, 2.24) is 10.4 Å². The zero-order valence-corrected chi connectivity index (χ0v) is 14.6. The van der Waals surface area contributed by atoms with Crippen LogP contribution in [0.2, 0.25) is 0 Å². The molecule has 0 saturated carbocycles. The fourth-order valence-electron chi connectivity index (χ4n) is 2.31. The quantitative estimate of drug-likeness (QED) is 0.328. The van der Waals surface area contributed by atoms with Crippen molar-refractivity contribution in [3.63, 3.8) is 0 Å². The number of rotatable bonds is 5. The Morgan fingerprint density at radius 1 is 1.04 bits per heavy atom. The molecule has 3 aromatic rings. The van der Waals surface area contributed by atoms with E-state index in [2.05, 4.69) is 15.5 Å². The monoisotopic (exact) mass is 359 g/mol. The summed E-state index contributed by atoms with van der Waals surface area (Å²) < 4.78 is 5.38. The Morgan fingerprint density at radius 3 is 2.52 bits per heavy atom. The van der Waals surface area contributed by atoms with Crippen molar-refractivity contribution >= 4 is 18.1 Å². The predicted octanol–water partition coefficient (Wildman–Crippen LogP) is 3.37. The summed E-state index contributed by atoms with van der Waals surface area (Å²) in [6.07, 6.45) is 4.55. The molecule has 27 heavy (non-hydrogen) atoms. The van der Waals surface area contributed by atoms with Gasteiger partial charge >= 0.3 is 5.97 Å². The Kier molecular flexibility index (Phi) is 5.69. The van der Waals surface area contributed by atoms with Crippen molar-refractivity contribution in [3.8, 4) is 5.75 Å². The lowest BCUT2D eigenvalue weighted by Crippen LogP contribution is -2.17. The predicted molar refractivity (Wildman–Crippen MR) is 102 cm³/mol. The van der Waals surface area contributed by atoms with E-state index in [0.29, 0.717) is 16.9 Å². The van der Waals surface area contributed by atoms with Crippen LogP contribution < -0.4 is 10.2 Å². The average Bonchev–Trinajstić information content (AvgIpc) is 2.70. The second-order valence-electron chi connectivity index (χ2n) is 5.71. The second kappa shape index (κ2) is 8.53. The molecule has 134 valence electrons. The van der Waals surface area contributed by atoms with E-state index >= 15 is 0 Å². The largest absolute Gasteiger partial charge is 0.423 e. The van der Waals surface area contributed by atoms with Crippen LogP contribution >= 0.6 is 0 Å². The van der Waals surface area contributed by atoms with Gasteiger partial charge in [-0.1, -0.05) is 18.2 Å². The van der Waals surface area contributed by atoms with Crippen molar-refractivity contribution in [2.45, 2.75) is 6.92 Å². The molecule has 2 aromatic carbocycles. The van der Waals surface area contributed by atoms with Gasteiger partial charge in [-0.2, -0.15) is 5.10 Å². The van der Waals surface area contributed by atoms with Gasteiger partial charge in [-0.15, -0.1) is 0 Å². The highest BCUT2D eigenvalue weighted by Crippen LogP contribution is 2.15. The highest BCUT2D eigenvalue weighted by atomic mass is 16.5. The Bertz CT molecular complexity index is 967. The molecule has 1 amide bonds. The van der Waals surface area contributed by atoms with Gasteiger partial charge in [0.2, 0.25) is 0 Å². The Labute approximate surface area is 156 Å². The van der Waals surface area contributed by atoms with Gasteiger partial charge in [-0.25, -0.2) is 10.2 Å². The molecular weight excluding hydrogens is 342 g/mol. The molecule has 1 N–H and O–H groups in total. The third-order valence-electron chi connectivity index (χ3n) is 3.76. The molecule has 1 heterocycles. The summed E-state index contributed by atoms with van der Waals surface area (Å²) in [6.45, 7) is 1.86. The summed E-state index contributed by atoms with van der Waals surface area (Å²) in [4.78, 5) is 27.9. The van der Waals surface area contributed by atoms with Crippen LogP contribution in [-0.4, -0.2) is 23.1 Å². The molecule has 3 rings (SSSR count).